The SMILES string of the molecule is Cc1cc(N2CCCN3CCCC3C2)ccc1F. The summed E-state index contributed by atoms with van der Waals surface area (Å²) in [5, 5.41) is 0. The number of anilines is 1. The van der Waals surface area contributed by atoms with E-state index in [2.05, 4.69) is 9.80 Å². The fourth-order valence-electron chi connectivity index (χ4n) is 3.27. The van der Waals surface area contributed by atoms with E-state index >= 15 is 0 Å². The summed E-state index contributed by atoms with van der Waals surface area (Å²) >= 11 is 0. The molecule has 2 aliphatic rings. The third-order valence-corrected chi connectivity index (χ3v) is 4.31. The fraction of sp³-hybridized carbons (Fsp3) is 0.600. The van der Waals surface area contributed by atoms with E-state index in [1.807, 2.05) is 19.1 Å². The van der Waals surface area contributed by atoms with Gasteiger partial charge in [-0.15, -0.1) is 0 Å². The Kier molecular flexibility index (Phi) is 3.25. The third kappa shape index (κ3) is 2.24. The first-order chi connectivity index (χ1) is 8.74. The van der Waals surface area contributed by atoms with Crippen LogP contribution in [0.3, 0.4) is 0 Å². The van der Waals surface area contributed by atoms with Crippen molar-refractivity contribution in [3.8, 4) is 0 Å². The molecule has 2 aliphatic heterocycles. The average Bonchev–Trinajstić information content (AvgIpc) is 2.70. The van der Waals surface area contributed by atoms with Crippen LogP contribution in [0.1, 0.15) is 24.8 Å². The van der Waals surface area contributed by atoms with Gasteiger partial charge in [0.2, 0.25) is 0 Å². The van der Waals surface area contributed by atoms with Gasteiger partial charge >= 0.3 is 0 Å². The molecule has 18 heavy (non-hydrogen) atoms. The highest BCUT2D eigenvalue weighted by molar-refractivity contribution is 5.49. The quantitative estimate of drug-likeness (QED) is 0.754. The van der Waals surface area contributed by atoms with Crippen molar-refractivity contribution < 1.29 is 4.39 Å². The Balaban J connectivity index is 1.80. The lowest BCUT2D eigenvalue weighted by atomic mass is 10.1. The molecule has 0 radical (unpaired) electrons. The van der Waals surface area contributed by atoms with E-state index in [0.717, 1.165) is 18.7 Å². The maximum atomic E-state index is 13.3. The van der Waals surface area contributed by atoms with E-state index in [4.69, 9.17) is 0 Å². The lowest BCUT2D eigenvalue weighted by Gasteiger charge is -2.27. The first-order valence-electron chi connectivity index (χ1n) is 6.99. The van der Waals surface area contributed by atoms with Crippen molar-refractivity contribution in [3.63, 3.8) is 0 Å². The van der Waals surface area contributed by atoms with Crippen molar-refractivity contribution in [2.24, 2.45) is 0 Å². The Morgan fingerprint density at radius 2 is 2.00 bits per heavy atom. The summed E-state index contributed by atoms with van der Waals surface area (Å²) in [5.41, 5.74) is 1.93. The Bertz CT molecular complexity index is 433. The van der Waals surface area contributed by atoms with Crippen molar-refractivity contribution in [1.29, 1.82) is 0 Å². The van der Waals surface area contributed by atoms with Crippen LogP contribution in [0, 0.1) is 12.7 Å². The zero-order valence-corrected chi connectivity index (χ0v) is 11.0. The Morgan fingerprint density at radius 3 is 2.83 bits per heavy atom. The molecule has 2 saturated heterocycles. The van der Waals surface area contributed by atoms with Crippen LogP contribution in [0.25, 0.3) is 0 Å². The molecule has 0 aromatic heterocycles. The summed E-state index contributed by atoms with van der Waals surface area (Å²) in [4.78, 5) is 5.05. The maximum Gasteiger partial charge on any atom is 0.126 e. The highest BCUT2D eigenvalue weighted by Crippen LogP contribution is 2.26. The average molecular weight is 248 g/mol. The Labute approximate surface area is 108 Å². The summed E-state index contributed by atoms with van der Waals surface area (Å²) in [5.74, 6) is -0.101. The minimum absolute atomic E-state index is 0.101. The van der Waals surface area contributed by atoms with Crippen LogP contribution in [-0.2, 0) is 0 Å². The van der Waals surface area contributed by atoms with Gasteiger partial charge in [0.15, 0.2) is 0 Å². The van der Waals surface area contributed by atoms with Crippen molar-refractivity contribution >= 4 is 5.69 Å². The molecule has 3 heteroatoms. The zero-order chi connectivity index (χ0) is 12.5. The second-order valence-corrected chi connectivity index (χ2v) is 5.57. The van der Waals surface area contributed by atoms with Crippen molar-refractivity contribution in [3.05, 3.63) is 29.6 Å². The van der Waals surface area contributed by atoms with Gasteiger partial charge in [-0.3, -0.25) is 4.90 Å². The number of hydrogen-bond donors (Lipinski definition) is 0. The van der Waals surface area contributed by atoms with Crippen LogP contribution in [0.5, 0.6) is 0 Å². The van der Waals surface area contributed by atoms with Gasteiger partial charge in [0.25, 0.3) is 0 Å². The van der Waals surface area contributed by atoms with Gasteiger partial charge in [-0.25, -0.2) is 4.39 Å². The van der Waals surface area contributed by atoms with E-state index in [0.29, 0.717) is 6.04 Å². The fourth-order valence-corrected chi connectivity index (χ4v) is 3.27. The normalized spacial score (nSPS) is 25.0. The van der Waals surface area contributed by atoms with Crippen LogP contribution in [0.4, 0.5) is 10.1 Å². The molecule has 0 saturated carbocycles. The number of benzene rings is 1. The Hall–Kier alpha value is -1.09. The first kappa shape index (κ1) is 12.0. The standard InChI is InChI=1S/C15H21FN2/c1-12-10-13(5-6-15(12)16)18-9-3-8-17-7-2-4-14(17)11-18/h5-6,10,14H,2-4,7-9,11H2,1H3. The number of fused-ring (bicyclic) bond motifs is 1. The largest absolute Gasteiger partial charge is 0.370 e. The molecule has 1 unspecified atom stereocenters. The van der Waals surface area contributed by atoms with Gasteiger partial charge in [-0.2, -0.15) is 0 Å². The molecule has 0 aliphatic carbocycles. The van der Waals surface area contributed by atoms with Crippen molar-refractivity contribution in [2.75, 3.05) is 31.1 Å². The molecule has 2 nitrogen and oxygen atoms in total. The highest BCUT2D eigenvalue weighted by atomic mass is 19.1. The van der Waals surface area contributed by atoms with Crippen LogP contribution in [-0.4, -0.2) is 37.1 Å². The van der Waals surface area contributed by atoms with E-state index in [1.54, 1.807) is 6.07 Å². The molecule has 0 amide bonds. The first-order valence-corrected chi connectivity index (χ1v) is 6.99. The number of halogens is 1. The lowest BCUT2D eigenvalue weighted by molar-refractivity contribution is 0.273. The molecule has 1 aromatic rings. The second-order valence-electron chi connectivity index (χ2n) is 5.57. The minimum Gasteiger partial charge on any atom is -0.370 e. The van der Waals surface area contributed by atoms with Crippen LogP contribution >= 0.6 is 0 Å². The van der Waals surface area contributed by atoms with Gasteiger partial charge in [0.05, 0.1) is 0 Å². The zero-order valence-electron chi connectivity index (χ0n) is 11.0. The van der Waals surface area contributed by atoms with E-state index in [1.165, 1.54) is 38.0 Å². The lowest BCUT2D eigenvalue weighted by Crippen LogP contribution is -2.36. The van der Waals surface area contributed by atoms with Crippen LogP contribution in [0.15, 0.2) is 18.2 Å². The van der Waals surface area contributed by atoms with Gasteiger partial charge in [0.1, 0.15) is 5.82 Å². The van der Waals surface area contributed by atoms with Gasteiger partial charge in [0, 0.05) is 31.4 Å². The molecular formula is C15H21FN2. The number of aryl methyl sites for hydroxylation is 1. The molecule has 0 N–H and O–H groups in total. The number of rotatable bonds is 1. The van der Waals surface area contributed by atoms with Crippen molar-refractivity contribution in [2.45, 2.75) is 32.2 Å². The predicted octanol–water partition coefficient (Wildman–Crippen LogP) is 2.81. The summed E-state index contributed by atoms with van der Waals surface area (Å²) in [7, 11) is 0. The minimum atomic E-state index is -0.101. The van der Waals surface area contributed by atoms with E-state index in [-0.39, 0.29) is 5.82 Å². The number of hydrogen-bond acceptors (Lipinski definition) is 2. The van der Waals surface area contributed by atoms with Crippen LogP contribution in [0.2, 0.25) is 0 Å². The molecule has 2 heterocycles. The van der Waals surface area contributed by atoms with Crippen molar-refractivity contribution in [1.82, 2.24) is 4.90 Å². The predicted molar refractivity (Wildman–Crippen MR) is 72.6 cm³/mol. The molecule has 3 rings (SSSR count). The smallest absolute Gasteiger partial charge is 0.126 e. The summed E-state index contributed by atoms with van der Waals surface area (Å²) in [6, 6.07) is 6.22. The molecule has 98 valence electrons. The molecular weight excluding hydrogens is 227 g/mol. The second kappa shape index (κ2) is 4.88. The molecule has 1 aromatic carbocycles. The monoisotopic (exact) mass is 248 g/mol. The number of nitrogens with zero attached hydrogens (tertiary/aromatic N) is 2. The summed E-state index contributed by atoms with van der Waals surface area (Å²) in [6.45, 7) is 6.53. The van der Waals surface area contributed by atoms with Gasteiger partial charge < -0.3 is 4.90 Å². The summed E-state index contributed by atoms with van der Waals surface area (Å²) in [6.07, 6.45) is 3.87. The maximum absolute atomic E-state index is 13.3. The van der Waals surface area contributed by atoms with Crippen LogP contribution < -0.4 is 4.90 Å². The molecule has 1 atom stereocenters. The molecule has 0 bridgehead atoms. The van der Waals surface area contributed by atoms with E-state index in [9.17, 15) is 4.39 Å². The highest BCUT2D eigenvalue weighted by Gasteiger charge is 2.28. The van der Waals surface area contributed by atoms with Gasteiger partial charge in [-0.05, 0) is 56.5 Å². The Morgan fingerprint density at radius 1 is 1.17 bits per heavy atom. The van der Waals surface area contributed by atoms with E-state index < -0.39 is 0 Å². The van der Waals surface area contributed by atoms with Gasteiger partial charge in [-0.1, -0.05) is 0 Å². The third-order valence-electron chi connectivity index (χ3n) is 4.31. The molecule has 2 fully saturated rings. The molecule has 0 spiro atoms. The summed E-state index contributed by atoms with van der Waals surface area (Å²) < 4.78 is 13.3. The topological polar surface area (TPSA) is 6.48 Å².